The number of nitrogens with zero attached hydrogens (tertiary/aromatic N) is 1. The third-order valence-corrected chi connectivity index (χ3v) is 6.81. The number of benzene rings is 2. The van der Waals surface area contributed by atoms with Crippen LogP contribution in [0.1, 0.15) is 54.8 Å². The van der Waals surface area contributed by atoms with Crippen LogP contribution in [0.25, 0.3) is 0 Å². The molecule has 3 atom stereocenters. The lowest BCUT2D eigenvalue weighted by atomic mass is 9.94. The Labute approximate surface area is 184 Å². The Morgan fingerprint density at radius 1 is 1.00 bits per heavy atom. The topological polar surface area (TPSA) is 69.6 Å². The molecule has 3 unspecified atom stereocenters. The molecule has 2 aromatic carbocycles. The van der Waals surface area contributed by atoms with Gasteiger partial charge in [-0.1, -0.05) is 61.0 Å². The Hall–Kier alpha value is -2.66. The van der Waals surface area contributed by atoms with Crippen molar-refractivity contribution in [3.8, 4) is 0 Å². The van der Waals surface area contributed by atoms with E-state index < -0.39 is 11.8 Å². The van der Waals surface area contributed by atoms with E-state index in [2.05, 4.69) is 29.6 Å². The zero-order chi connectivity index (χ0) is 21.6. The minimum atomic E-state index is -0.507. The zero-order valence-electron chi connectivity index (χ0n) is 18.0. The molecule has 2 aromatic rings. The normalized spacial score (nSPS) is 22.2. The number of aliphatic hydroxyl groups excluding tert-OH is 1. The predicted octanol–water partition coefficient (Wildman–Crippen LogP) is 3.41. The van der Waals surface area contributed by atoms with E-state index in [1.165, 1.54) is 11.1 Å². The maximum atomic E-state index is 13.2. The van der Waals surface area contributed by atoms with Gasteiger partial charge >= 0.3 is 11.8 Å². The van der Waals surface area contributed by atoms with Gasteiger partial charge in [-0.2, -0.15) is 0 Å². The molecule has 0 heterocycles. The van der Waals surface area contributed by atoms with Gasteiger partial charge < -0.3 is 15.3 Å². The van der Waals surface area contributed by atoms with Crippen LogP contribution in [0.2, 0.25) is 0 Å². The van der Waals surface area contributed by atoms with Gasteiger partial charge in [-0.25, -0.2) is 0 Å². The van der Waals surface area contributed by atoms with Crippen molar-refractivity contribution < 1.29 is 14.7 Å². The van der Waals surface area contributed by atoms with Crippen LogP contribution in [0, 0.1) is 5.92 Å². The third kappa shape index (κ3) is 4.99. The van der Waals surface area contributed by atoms with Gasteiger partial charge in [0.25, 0.3) is 0 Å². The number of aryl methyl sites for hydroxylation is 1. The Kier molecular flexibility index (Phi) is 7.03. The van der Waals surface area contributed by atoms with Crippen LogP contribution in [0.5, 0.6) is 0 Å². The smallest absolute Gasteiger partial charge is 0.312 e. The number of amides is 2. The molecule has 31 heavy (non-hydrogen) atoms. The van der Waals surface area contributed by atoms with Crippen molar-refractivity contribution in [2.75, 3.05) is 13.2 Å². The summed E-state index contributed by atoms with van der Waals surface area (Å²) in [5.74, 6) is -0.620. The van der Waals surface area contributed by atoms with Crippen LogP contribution >= 0.6 is 0 Å². The second-order valence-corrected chi connectivity index (χ2v) is 8.79. The molecule has 0 bridgehead atoms. The molecule has 2 aliphatic rings. The van der Waals surface area contributed by atoms with Crippen LogP contribution in [0.3, 0.4) is 0 Å². The molecule has 5 nitrogen and oxygen atoms in total. The Morgan fingerprint density at radius 2 is 1.77 bits per heavy atom. The number of rotatable bonds is 7. The van der Waals surface area contributed by atoms with Gasteiger partial charge in [-0.3, -0.25) is 9.59 Å². The summed E-state index contributed by atoms with van der Waals surface area (Å²) in [4.78, 5) is 27.9. The number of fused-ring (bicyclic) bond motifs is 1. The predicted molar refractivity (Wildman–Crippen MR) is 120 cm³/mol. The Morgan fingerprint density at radius 3 is 2.58 bits per heavy atom. The summed E-state index contributed by atoms with van der Waals surface area (Å²) >= 11 is 0. The Bertz CT molecular complexity index is 899. The quantitative estimate of drug-likeness (QED) is 0.675. The van der Waals surface area contributed by atoms with E-state index in [1.54, 1.807) is 4.90 Å². The standard InChI is InChI=1S/C26H32N2O3/c29-17-7-16-28(24-15-14-20-10-4-5-12-22(20)24)26(31)25(30)27-23-13-6-11-21(23)18-19-8-2-1-3-9-19/h1-5,8-10,12,21,23-24,29H,6-7,11,13-18H2,(H,27,30). The first-order chi connectivity index (χ1) is 15.2. The number of hydrogen-bond donors (Lipinski definition) is 2. The van der Waals surface area contributed by atoms with Crippen molar-refractivity contribution >= 4 is 11.8 Å². The molecule has 0 aliphatic heterocycles. The van der Waals surface area contributed by atoms with Crippen molar-refractivity contribution in [1.82, 2.24) is 10.2 Å². The summed E-state index contributed by atoms with van der Waals surface area (Å²) in [6.45, 7) is 0.390. The van der Waals surface area contributed by atoms with E-state index in [-0.39, 0.29) is 18.7 Å². The number of aliphatic hydroxyl groups is 1. The highest BCUT2D eigenvalue weighted by atomic mass is 16.3. The van der Waals surface area contributed by atoms with Gasteiger partial charge in [0.15, 0.2) is 0 Å². The highest BCUT2D eigenvalue weighted by Crippen LogP contribution is 2.36. The lowest BCUT2D eigenvalue weighted by Crippen LogP contribution is -2.49. The van der Waals surface area contributed by atoms with E-state index in [1.807, 2.05) is 30.3 Å². The summed E-state index contributed by atoms with van der Waals surface area (Å²) < 4.78 is 0. The Balaban J connectivity index is 1.44. The molecule has 0 aromatic heterocycles. The van der Waals surface area contributed by atoms with Gasteiger partial charge in [-0.05, 0) is 61.1 Å². The van der Waals surface area contributed by atoms with E-state index in [9.17, 15) is 14.7 Å². The summed E-state index contributed by atoms with van der Waals surface area (Å²) in [5.41, 5.74) is 3.64. The van der Waals surface area contributed by atoms with Crippen LogP contribution < -0.4 is 5.32 Å². The molecule has 5 heteroatoms. The van der Waals surface area contributed by atoms with Crippen molar-refractivity contribution in [1.29, 1.82) is 0 Å². The molecule has 2 amide bonds. The maximum absolute atomic E-state index is 13.2. The summed E-state index contributed by atoms with van der Waals surface area (Å²) in [6.07, 6.45) is 6.18. The molecular formula is C26H32N2O3. The second-order valence-electron chi connectivity index (χ2n) is 8.79. The minimum Gasteiger partial charge on any atom is -0.396 e. The fraction of sp³-hybridized carbons (Fsp3) is 0.462. The molecule has 0 spiro atoms. The molecule has 4 rings (SSSR count). The van der Waals surface area contributed by atoms with Gasteiger partial charge in [0.05, 0.1) is 6.04 Å². The maximum Gasteiger partial charge on any atom is 0.312 e. The molecule has 1 saturated carbocycles. The summed E-state index contributed by atoms with van der Waals surface area (Å²) in [7, 11) is 0. The van der Waals surface area contributed by atoms with Crippen LogP contribution in [0.15, 0.2) is 54.6 Å². The fourth-order valence-electron chi connectivity index (χ4n) is 5.25. The van der Waals surface area contributed by atoms with Crippen molar-refractivity contribution in [3.05, 3.63) is 71.3 Å². The number of hydrogen-bond acceptors (Lipinski definition) is 3. The highest BCUT2D eigenvalue weighted by molar-refractivity contribution is 6.35. The van der Waals surface area contributed by atoms with Crippen LogP contribution in [-0.2, 0) is 22.4 Å². The van der Waals surface area contributed by atoms with E-state index >= 15 is 0 Å². The largest absolute Gasteiger partial charge is 0.396 e. The van der Waals surface area contributed by atoms with Gasteiger partial charge in [-0.15, -0.1) is 0 Å². The first-order valence-corrected chi connectivity index (χ1v) is 11.5. The van der Waals surface area contributed by atoms with Crippen molar-refractivity contribution in [3.63, 3.8) is 0 Å². The number of carbonyl (C=O) groups excluding carboxylic acids is 2. The molecular weight excluding hydrogens is 388 g/mol. The SMILES string of the molecule is O=C(NC1CCCC1Cc1ccccc1)C(=O)N(CCCO)C1CCc2ccccc21. The zero-order valence-corrected chi connectivity index (χ0v) is 18.0. The molecule has 1 fully saturated rings. The molecule has 2 aliphatic carbocycles. The van der Waals surface area contributed by atoms with E-state index in [4.69, 9.17) is 0 Å². The van der Waals surface area contributed by atoms with Gasteiger partial charge in [0, 0.05) is 19.2 Å². The molecule has 2 N–H and O–H groups in total. The number of carbonyl (C=O) groups is 2. The van der Waals surface area contributed by atoms with Crippen LogP contribution in [-0.4, -0.2) is 41.0 Å². The van der Waals surface area contributed by atoms with E-state index in [0.29, 0.717) is 18.9 Å². The first kappa shape index (κ1) is 21.6. The average Bonchev–Trinajstić information content (AvgIpc) is 3.42. The number of nitrogens with one attached hydrogen (secondary N) is 1. The van der Waals surface area contributed by atoms with E-state index in [0.717, 1.165) is 44.1 Å². The first-order valence-electron chi connectivity index (χ1n) is 11.5. The fourth-order valence-corrected chi connectivity index (χ4v) is 5.25. The van der Waals surface area contributed by atoms with Crippen LogP contribution in [0.4, 0.5) is 0 Å². The lowest BCUT2D eigenvalue weighted by Gasteiger charge is -2.30. The minimum absolute atomic E-state index is 0.00153. The molecule has 0 saturated heterocycles. The summed E-state index contributed by atoms with van der Waals surface area (Å²) in [5, 5.41) is 12.4. The van der Waals surface area contributed by atoms with Gasteiger partial charge in [0.2, 0.25) is 0 Å². The van der Waals surface area contributed by atoms with Crippen molar-refractivity contribution in [2.45, 2.75) is 57.0 Å². The van der Waals surface area contributed by atoms with Gasteiger partial charge in [0.1, 0.15) is 0 Å². The monoisotopic (exact) mass is 420 g/mol. The second kappa shape index (κ2) is 10.1. The highest BCUT2D eigenvalue weighted by Gasteiger charge is 2.36. The molecule has 164 valence electrons. The summed E-state index contributed by atoms with van der Waals surface area (Å²) in [6, 6.07) is 18.4. The lowest BCUT2D eigenvalue weighted by molar-refractivity contribution is -0.148. The molecule has 0 radical (unpaired) electrons. The average molecular weight is 421 g/mol. The third-order valence-electron chi connectivity index (χ3n) is 6.81. The van der Waals surface area contributed by atoms with Crippen molar-refractivity contribution in [2.24, 2.45) is 5.92 Å².